The molecule has 4 nitrogen and oxygen atoms in total. The van der Waals surface area contributed by atoms with E-state index in [-0.39, 0.29) is 5.82 Å². The van der Waals surface area contributed by atoms with E-state index in [0.717, 1.165) is 38.6 Å². The fourth-order valence-corrected chi connectivity index (χ4v) is 3.86. The van der Waals surface area contributed by atoms with E-state index in [0.29, 0.717) is 5.75 Å². The molecule has 4 aromatic rings. The van der Waals surface area contributed by atoms with E-state index in [1.807, 2.05) is 41.9 Å². The molecule has 0 amide bonds. The summed E-state index contributed by atoms with van der Waals surface area (Å²) in [5.74, 6) is 1.15. The standard InChI is InChI=1S/C20H17FN4S/c1-13-6-3-4-8-17(13)19-23-24-20(25(19)2)26-12-15-11-16(21)10-14-7-5-9-22-18(14)15/h3-11H,12H2,1-2H3. The summed E-state index contributed by atoms with van der Waals surface area (Å²) in [4.78, 5) is 4.40. The third kappa shape index (κ3) is 3.08. The summed E-state index contributed by atoms with van der Waals surface area (Å²) in [6.07, 6.45) is 1.73. The second-order valence-corrected chi connectivity index (χ2v) is 7.05. The number of hydrogen-bond acceptors (Lipinski definition) is 4. The Morgan fingerprint density at radius 2 is 1.92 bits per heavy atom. The number of nitrogens with zero attached hydrogens (tertiary/aromatic N) is 4. The Bertz CT molecular complexity index is 1090. The number of benzene rings is 2. The molecule has 0 saturated carbocycles. The summed E-state index contributed by atoms with van der Waals surface area (Å²) in [7, 11) is 1.95. The van der Waals surface area contributed by atoms with Gasteiger partial charge in [0.25, 0.3) is 0 Å². The van der Waals surface area contributed by atoms with Crippen LogP contribution in [0.3, 0.4) is 0 Å². The van der Waals surface area contributed by atoms with Crippen molar-refractivity contribution >= 4 is 22.7 Å². The van der Waals surface area contributed by atoms with Crippen LogP contribution in [-0.4, -0.2) is 19.7 Å². The lowest BCUT2D eigenvalue weighted by Gasteiger charge is -2.08. The van der Waals surface area contributed by atoms with Crippen molar-refractivity contribution in [2.45, 2.75) is 17.8 Å². The third-order valence-electron chi connectivity index (χ3n) is 4.33. The summed E-state index contributed by atoms with van der Waals surface area (Å²) in [5.41, 5.74) is 3.89. The molecule has 2 aromatic carbocycles. The van der Waals surface area contributed by atoms with Crippen LogP contribution < -0.4 is 0 Å². The molecule has 130 valence electrons. The lowest BCUT2D eigenvalue weighted by Crippen LogP contribution is -1.97. The van der Waals surface area contributed by atoms with E-state index in [9.17, 15) is 4.39 Å². The highest BCUT2D eigenvalue weighted by Gasteiger charge is 2.14. The normalized spacial score (nSPS) is 11.2. The number of aromatic nitrogens is 4. The topological polar surface area (TPSA) is 43.6 Å². The largest absolute Gasteiger partial charge is 0.305 e. The molecule has 2 heterocycles. The average Bonchev–Trinajstić information content (AvgIpc) is 3.00. The molecule has 0 N–H and O–H groups in total. The van der Waals surface area contributed by atoms with Crippen molar-refractivity contribution in [3.8, 4) is 11.4 Å². The van der Waals surface area contributed by atoms with Gasteiger partial charge in [0.1, 0.15) is 5.82 Å². The molecule has 0 aliphatic carbocycles. The van der Waals surface area contributed by atoms with Gasteiger partial charge in [0.15, 0.2) is 11.0 Å². The van der Waals surface area contributed by atoms with Crippen LogP contribution in [0.25, 0.3) is 22.3 Å². The van der Waals surface area contributed by atoms with Crippen molar-refractivity contribution in [3.05, 3.63) is 71.7 Å². The molecule has 2 aromatic heterocycles. The molecule has 0 atom stereocenters. The summed E-state index contributed by atoms with van der Waals surface area (Å²) in [5, 5.41) is 10.2. The van der Waals surface area contributed by atoms with Crippen LogP contribution in [0.1, 0.15) is 11.1 Å². The molecule has 0 bridgehead atoms. The van der Waals surface area contributed by atoms with Gasteiger partial charge in [0, 0.05) is 29.9 Å². The van der Waals surface area contributed by atoms with Crippen molar-refractivity contribution in [1.82, 2.24) is 19.7 Å². The smallest absolute Gasteiger partial charge is 0.191 e. The molecule has 0 fully saturated rings. The maximum Gasteiger partial charge on any atom is 0.191 e. The molecular formula is C20H17FN4S. The second kappa shape index (κ2) is 6.88. The van der Waals surface area contributed by atoms with E-state index in [1.165, 1.54) is 17.8 Å². The highest BCUT2D eigenvalue weighted by molar-refractivity contribution is 7.98. The Kier molecular flexibility index (Phi) is 4.42. The van der Waals surface area contributed by atoms with Crippen molar-refractivity contribution in [1.29, 1.82) is 0 Å². The fraction of sp³-hybridized carbons (Fsp3) is 0.150. The molecular weight excluding hydrogens is 347 g/mol. The van der Waals surface area contributed by atoms with Gasteiger partial charge in [-0.3, -0.25) is 4.98 Å². The molecule has 0 unspecified atom stereocenters. The van der Waals surface area contributed by atoms with E-state index in [4.69, 9.17) is 0 Å². The predicted octanol–water partition coefficient (Wildman–Crippen LogP) is 4.77. The van der Waals surface area contributed by atoms with Gasteiger partial charge in [0.05, 0.1) is 5.52 Å². The minimum absolute atomic E-state index is 0.250. The van der Waals surface area contributed by atoms with Gasteiger partial charge in [-0.05, 0) is 36.2 Å². The van der Waals surface area contributed by atoms with Crippen molar-refractivity contribution < 1.29 is 4.39 Å². The van der Waals surface area contributed by atoms with Crippen LogP contribution in [0.5, 0.6) is 0 Å². The lowest BCUT2D eigenvalue weighted by molar-refractivity contribution is 0.628. The minimum atomic E-state index is -0.250. The number of pyridine rings is 1. The first-order valence-corrected chi connectivity index (χ1v) is 9.23. The molecule has 6 heteroatoms. The van der Waals surface area contributed by atoms with Gasteiger partial charge in [-0.15, -0.1) is 10.2 Å². The molecule has 0 aliphatic rings. The van der Waals surface area contributed by atoms with Gasteiger partial charge in [0.2, 0.25) is 0 Å². The summed E-state index contributed by atoms with van der Waals surface area (Å²) in [6.45, 7) is 2.06. The Hall–Kier alpha value is -2.73. The monoisotopic (exact) mass is 364 g/mol. The van der Waals surface area contributed by atoms with Gasteiger partial charge < -0.3 is 4.57 Å². The van der Waals surface area contributed by atoms with Crippen molar-refractivity contribution in [2.75, 3.05) is 0 Å². The summed E-state index contributed by atoms with van der Waals surface area (Å²) >= 11 is 1.53. The van der Waals surface area contributed by atoms with Gasteiger partial charge >= 0.3 is 0 Å². The van der Waals surface area contributed by atoms with Gasteiger partial charge in [-0.2, -0.15) is 0 Å². The van der Waals surface area contributed by atoms with E-state index in [1.54, 1.807) is 12.3 Å². The number of halogens is 1. The predicted molar refractivity (Wildman–Crippen MR) is 102 cm³/mol. The van der Waals surface area contributed by atoms with Crippen LogP contribution >= 0.6 is 11.8 Å². The molecule has 0 radical (unpaired) electrons. The van der Waals surface area contributed by atoms with Crippen molar-refractivity contribution in [2.24, 2.45) is 7.05 Å². The fourth-order valence-electron chi connectivity index (χ4n) is 2.98. The van der Waals surface area contributed by atoms with Crippen LogP contribution in [0.4, 0.5) is 4.39 Å². The maximum absolute atomic E-state index is 13.9. The number of thioether (sulfide) groups is 1. The molecule has 0 aliphatic heterocycles. The Morgan fingerprint density at radius 3 is 2.77 bits per heavy atom. The Labute approximate surface area is 155 Å². The zero-order chi connectivity index (χ0) is 18.1. The van der Waals surface area contributed by atoms with Crippen LogP contribution in [0.2, 0.25) is 0 Å². The van der Waals surface area contributed by atoms with E-state index < -0.39 is 0 Å². The second-order valence-electron chi connectivity index (χ2n) is 6.11. The maximum atomic E-state index is 13.9. The average molecular weight is 364 g/mol. The number of hydrogen-bond donors (Lipinski definition) is 0. The number of aryl methyl sites for hydroxylation is 1. The quantitative estimate of drug-likeness (QED) is 0.489. The first kappa shape index (κ1) is 16.7. The molecule has 0 spiro atoms. The van der Waals surface area contributed by atoms with E-state index >= 15 is 0 Å². The molecule has 26 heavy (non-hydrogen) atoms. The van der Waals surface area contributed by atoms with Crippen LogP contribution in [0, 0.1) is 12.7 Å². The van der Waals surface area contributed by atoms with Crippen LogP contribution in [-0.2, 0) is 12.8 Å². The highest BCUT2D eigenvalue weighted by atomic mass is 32.2. The third-order valence-corrected chi connectivity index (χ3v) is 5.40. The lowest BCUT2D eigenvalue weighted by atomic mass is 10.1. The Balaban J connectivity index is 1.63. The Morgan fingerprint density at radius 1 is 1.08 bits per heavy atom. The van der Waals surface area contributed by atoms with Crippen molar-refractivity contribution in [3.63, 3.8) is 0 Å². The number of fused-ring (bicyclic) bond motifs is 1. The van der Waals surface area contributed by atoms with Gasteiger partial charge in [-0.25, -0.2) is 4.39 Å². The summed E-state index contributed by atoms with van der Waals surface area (Å²) in [6, 6.07) is 14.8. The van der Waals surface area contributed by atoms with E-state index in [2.05, 4.69) is 28.2 Å². The zero-order valence-electron chi connectivity index (χ0n) is 14.5. The minimum Gasteiger partial charge on any atom is -0.305 e. The zero-order valence-corrected chi connectivity index (χ0v) is 15.3. The summed E-state index contributed by atoms with van der Waals surface area (Å²) < 4.78 is 15.9. The first-order valence-electron chi connectivity index (χ1n) is 8.25. The highest BCUT2D eigenvalue weighted by Crippen LogP contribution is 2.29. The van der Waals surface area contributed by atoms with Gasteiger partial charge in [-0.1, -0.05) is 42.1 Å². The molecule has 4 rings (SSSR count). The van der Waals surface area contributed by atoms with Crippen LogP contribution in [0.15, 0.2) is 59.9 Å². The SMILES string of the molecule is Cc1ccccc1-c1nnc(SCc2cc(F)cc3cccnc23)n1C. The first-order chi connectivity index (χ1) is 12.6. The number of rotatable bonds is 4. The molecule has 0 saturated heterocycles.